The van der Waals surface area contributed by atoms with Gasteiger partial charge in [-0.2, -0.15) is 0 Å². The lowest BCUT2D eigenvalue weighted by Gasteiger charge is -2.40. The molecule has 1 heterocycles. The lowest BCUT2D eigenvalue weighted by Crippen LogP contribution is -2.59. The monoisotopic (exact) mass is 218 g/mol. The lowest BCUT2D eigenvalue weighted by molar-refractivity contribution is -0.201. The molecule has 0 bridgehead atoms. The number of hydrogen-bond acceptors (Lipinski definition) is 5. The number of Topliss-reactive ketones (excluding diaryl/α,β-unsaturated/α-hetero) is 1. The maximum absolute atomic E-state index is 11.6. The van der Waals surface area contributed by atoms with Gasteiger partial charge in [0.25, 0.3) is 0 Å². The molecule has 15 heavy (non-hydrogen) atoms. The van der Waals surface area contributed by atoms with Crippen molar-refractivity contribution in [3.63, 3.8) is 0 Å². The molecule has 1 aliphatic rings. The third-order valence-corrected chi connectivity index (χ3v) is 2.53. The van der Waals surface area contributed by atoms with E-state index in [2.05, 4.69) is 0 Å². The summed E-state index contributed by atoms with van der Waals surface area (Å²) in [4.78, 5) is 11.6. The van der Waals surface area contributed by atoms with Crippen LogP contribution in [0.5, 0.6) is 0 Å². The SMILES string of the molecule is CC(C)(C)[C@@H]1O[C@H](CO)[C@@H](O)[C@H](O)C1=O. The summed E-state index contributed by atoms with van der Waals surface area (Å²) in [7, 11) is 0. The van der Waals surface area contributed by atoms with Crippen LogP contribution in [0.15, 0.2) is 0 Å². The van der Waals surface area contributed by atoms with E-state index in [0.717, 1.165) is 0 Å². The zero-order valence-corrected chi connectivity index (χ0v) is 9.17. The van der Waals surface area contributed by atoms with Crippen molar-refractivity contribution in [2.24, 2.45) is 5.41 Å². The fraction of sp³-hybridized carbons (Fsp3) is 0.900. The van der Waals surface area contributed by atoms with Crippen molar-refractivity contribution in [1.29, 1.82) is 0 Å². The molecule has 88 valence electrons. The van der Waals surface area contributed by atoms with E-state index in [9.17, 15) is 15.0 Å². The van der Waals surface area contributed by atoms with E-state index in [1.807, 2.05) is 0 Å². The lowest BCUT2D eigenvalue weighted by atomic mass is 9.81. The first-order chi connectivity index (χ1) is 6.79. The molecule has 1 rings (SSSR count). The van der Waals surface area contributed by atoms with E-state index in [0.29, 0.717) is 0 Å². The van der Waals surface area contributed by atoms with Crippen LogP contribution in [0.2, 0.25) is 0 Å². The normalized spacial score (nSPS) is 38.1. The van der Waals surface area contributed by atoms with Crippen LogP contribution in [0.1, 0.15) is 20.8 Å². The van der Waals surface area contributed by atoms with Crippen molar-refractivity contribution in [2.45, 2.75) is 45.2 Å². The van der Waals surface area contributed by atoms with Crippen LogP contribution in [-0.2, 0) is 9.53 Å². The second-order valence-electron chi connectivity index (χ2n) is 4.94. The molecular weight excluding hydrogens is 200 g/mol. The summed E-state index contributed by atoms with van der Waals surface area (Å²) >= 11 is 0. The molecule has 5 heteroatoms. The Kier molecular flexibility index (Phi) is 3.50. The Morgan fingerprint density at radius 3 is 2.27 bits per heavy atom. The number of aliphatic hydroxyl groups is 3. The highest BCUT2D eigenvalue weighted by Crippen LogP contribution is 2.30. The predicted octanol–water partition coefficient (Wildman–Crippen LogP) is -0.917. The number of ketones is 1. The third-order valence-electron chi connectivity index (χ3n) is 2.53. The topological polar surface area (TPSA) is 87.0 Å². The van der Waals surface area contributed by atoms with Gasteiger partial charge in [-0.05, 0) is 5.41 Å². The molecule has 0 radical (unpaired) electrons. The smallest absolute Gasteiger partial charge is 0.193 e. The molecule has 1 fully saturated rings. The van der Waals surface area contributed by atoms with Gasteiger partial charge in [0.2, 0.25) is 0 Å². The average Bonchev–Trinajstić information content (AvgIpc) is 2.13. The number of hydrogen-bond donors (Lipinski definition) is 3. The molecule has 1 saturated heterocycles. The van der Waals surface area contributed by atoms with Gasteiger partial charge in [-0.25, -0.2) is 0 Å². The first kappa shape index (κ1) is 12.6. The molecule has 0 aromatic heterocycles. The van der Waals surface area contributed by atoms with E-state index < -0.39 is 42.2 Å². The van der Waals surface area contributed by atoms with Crippen molar-refractivity contribution in [3.8, 4) is 0 Å². The third kappa shape index (κ3) is 2.36. The summed E-state index contributed by atoms with van der Waals surface area (Å²) in [5.74, 6) is -0.528. The van der Waals surface area contributed by atoms with Crippen LogP contribution in [0, 0.1) is 5.41 Å². The highest BCUT2D eigenvalue weighted by atomic mass is 16.5. The first-order valence-corrected chi connectivity index (χ1v) is 4.95. The van der Waals surface area contributed by atoms with Crippen molar-refractivity contribution in [2.75, 3.05) is 6.61 Å². The van der Waals surface area contributed by atoms with E-state index in [1.165, 1.54) is 0 Å². The molecule has 4 atom stereocenters. The van der Waals surface area contributed by atoms with Gasteiger partial charge in [-0.15, -0.1) is 0 Å². The van der Waals surface area contributed by atoms with Gasteiger partial charge < -0.3 is 20.1 Å². The Morgan fingerprint density at radius 2 is 1.87 bits per heavy atom. The first-order valence-electron chi connectivity index (χ1n) is 4.95. The molecule has 5 nitrogen and oxygen atoms in total. The molecule has 1 aliphatic heterocycles. The Morgan fingerprint density at radius 1 is 1.33 bits per heavy atom. The van der Waals surface area contributed by atoms with Gasteiger partial charge in [0.1, 0.15) is 24.4 Å². The second-order valence-corrected chi connectivity index (χ2v) is 4.94. The molecular formula is C10H18O5. The zero-order chi connectivity index (χ0) is 11.8. The predicted molar refractivity (Wildman–Crippen MR) is 52.2 cm³/mol. The van der Waals surface area contributed by atoms with Gasteiger partial charge in [0.15, 0.2) is 5.78 Å². The minimum Gasteiger partial charge on any atom is -0.394 e. The number of carbonyl (C=O) groups is 1. The Hall–Kier alpha value is -0.490. The van der Waals surface area contributed by atoms with E-state index in [1.54, 1.807) is 20.8 Å². The molecule has 0 aromatic carbocycles. The highest BCUT2D eigenvalue weighted by molar-refractivity contribution is 5.89. The van der Waals surface area contributed by atoms with E-state index >= 15 is 0 Å². The average molecular weight is 218 g/mol. The number of ether oxygens (including phenoxy) is 1. The molecule has 0 saturated carbocycles. The Labute approximate surface area is 88.7 Å². The van der Waals surface area contributed by atoms with Crippen molar-refractivity contribution in [3.05, 3.63) is 0 Å². The van der Waals surface area contributed by atoms with Crippen LogP contribution in [-0.4, -0.2) is 52.1 Å². The summed E-state index contributed by atoms with van der Waals surface area (Å²) in [6.07, 6.45) is -4.52. The fourth-order valence-electron chi connectivity index (χ4n) is 1.63. The van der Waals surface area contributed by atoms with Crippen LogP contribution in [0.4, 0.5) is 0 Å². The molecule has 0 aromatic rings. The Bertz CT molecular complexity index is 245. The number of aliphatic hydroxyl groups excluding tert-OH is 3. The van der Waals surface area contributed by atoms with Crippen molar-refractivity contribution < 1.29 is 24.9 Å². The molecule has 0 aliphatic carbocycles. The largest absolute Gasteiger partial charge is 0.394 e. The number of rotatable bonds is 1. The van der Waals surface area contributed by atoms with Gasteiger partial charge in [0.05, 0.1) is 6.61 Å². The summed E-state index contributed by atoms with van der Waals surface area (Å²) in [6.45, 7) is 4.98. The molecule has 0 amide bonds. The van der Waals surface area contributed by atoms with Crippen LogP contribution >= 0.6 is 0 Å². The molecule has 3 N–H and O–H groups in total. The minimum atomic E-state index is -1.47. The van der Waals surface area contributed by atoms with Crippen LogP contribution in [0.25, 0.3) is 0 Å². The number of carbonyl (C=O) groups excluding carboxylic acids is 1. The standard InChI is InChI=1S/C10H18O5/c1-10(2,3)9-8(14)7(13)6(12)5(4-11)15-9/h5-7,9,11-13H,4H2,1-3H3/t5-,6-,7+,9-/m1/s1. The van der Waals surface area contributed by atoms with Gasteiger partial charge >= 0.3 is 0 Å². The summed E-state index contributed by atoms with van der Waals surface area (Å²) in [5, 5.41) is 27.9. The van der Waals surface area contributed by atoms with Crippen molar-refractivity contribution >= 4 is 5.78 Å². The summed E-state index contributed by atoms with van der Waals surface area (Å²) in [6, 6.07) is 0. The van der Waals surface area contributed by atoms with E-state index in [4.69, 9.17) is 9.84 Å². The maximum Gasteiger partial charge on any atom is 0.193 e. The van der Waals surface area contributed by atoms with E-state index in [-0.39, 0.29) is 0 Å². The zero-order valence-electron chi connectivity index (χ0n) is 9.17. The summed E-state index contributed by atoms with van der Waals surface area (Å²) in [5.41, 5.74) is -0.467. The van der Waals surface area contributed by atoms with Crippen molar-refractivity contribution in [1.82, 2.24) is 0 Å². The highest BCUT2D eigenvalue weighted by Gasteiger charge is 2.47. The van der Waals surface area contributed by atoms with Gasteiger partial charge in [-0.3, -0.25) is 4.79 Å². The maximum atomic E-state index is 11.6. The molecule has 0 spiro atoms. The van der Waals surface area contributed by atoms with Gasteiger partial charge in [0, 0.05) is 0 Å². The molecule has 0 unspecified atom stereocenters. The fourth-order valence-corrected chi connectivity index (χ4v) is 1.63. The second kappa shape index (κ2) is 4.17. The summed E-state index contributed by atoms with van der Waals surface area (Å²) < 4.78 is 5.29. The quantitative estimate of drug-likeness (QED) is 0.530. The van der Waals surface area contributed by atoms with Crippen LogP contribution in [0.3, 0.4) is 0 Å². The minimum absolute atomic E-state index is 0.419. The van der Waals surface area contributed by atoms with Gasteiger partial charge in [-0.1, -0.05) is 20.8 Å². The Balaban J connectivity index is 2.89. The van der Waals surface area contributed by atoms with Crippen LogP contribution < -0.4 is 0 Å².